The standard InChI is InChI=1S/C17H27N3O2/c1-12-13-6-7-17(14(13)19(5)18-12)8-10-20(11-9-17)15(21)22-16(2,3)4/h6-11H2,1-5H3. The van der Waals surface area contributed by atoms with Crippen molar-refractivity contribution < 1.29 is 9.53 Å². The first-order valence-corrected chi connectivity index (χ1v) is 8.23. The summed E-state index contributed by atoms with van der Waals surface area (Å²) in [5.74, 6) is 0. The Hall–Kier alpha value is -1.52. The second kappa shape index (κ2) is 5.00. The Kier molecular flexibility index (Phi) is 3.49. The van der Waals surface area contributed by atoms with Crippen LogP contribution in [0.2, 0.25) is 0 Å². The van der Waals surface area contributed by atoms with Gasteiger partial charge in [0.15, 0.2) is 0 Å². The number of amides is 1. The van der Waals surface area contributed by atoms with Gasteiger partial charge < -0.3 is 9.64 Å². The fourth-order valence-corrected chi connectivity index (χ4v) is 4.08. The lowest BCUT2D eigenvalue weighted by Gasteiger charge is -2.40. The maximum Gasteiger partial charge on any atom is 0.410 e. The number of carbonyl (C=O) groups excluding carboxylic acids is 1. The first kappa shape index (κ1) is 15.4. The van der Waals surface area contributed by atoms with Gasteiger partial charge in [-0.05, 0) is 58.9 Å². The van der Waals surface area contributed by atoms with Gasteiger partial charge in [0, 0.05) is 31.2 Å². The van der Waals surface area contributed by atoms with Crippen LogP contribution in [0.5, 0.6) is 0 Å². The van der Waals surface area contributed by atoms with Crippen molar-refractivity contribution in [3.05, 3.63) is 17.0 Å². The third-order valence-electron chi connectivity index (χ3n) is 5.07. The summed E-state index contributed by atoms with van der Waals surface area (Å²) < 4.78 is 7.57. The van der Waals surface area contributed by atoms with Crippen molar-refractivity contribution in [2.75, 3.05) is 13.1 Å². The third kappa shape index (κ3) is 2.50. The van der Waals surface area contributed by atoms with Crippen LogP contribution < -0.4 is 0 Å². The lowest BCUT2D eigenvalue weighted by molar-refractivity contribution is 0.0160. The largest absolute Gasteiger partial charge is 0.444 e. The Labute approximate surface area is 132 Å². The van der Waals surface area contributed by atoms with Gasteiger partial charge in [0.1, 0.15) is 5.60 Å². The molecule has 0 radical (unpaired) electrons. The van der Waals surface area contributed by atoms with Gasteiger partial charge in [-0.15, -0.1) is 0 Å². The van der Waals surface area contributed by atoms with Gasteiger partial charge in [0.25, 0.3) is 0 Å². The minimum atomic E-state index is -0.425. The zero-order valence-corrected chi connectivity index (χ0v) is 14.4. The maximum atomic E-state index is 12.2. The molecule has 2 aliphatic rings. The number of ether oxygens (including phenoxy) is 1. The van der Waals surface area contributed by atoms with Crippen molar-refractivity contribution in [1.82, 2.24) is 14.7 Å². The number of piperidine rings is 1. The molecule has 1 saturated heterocycles. The van der Waals surface area contributed by atoms with Gasteiger partial charge in [-0.25, -0.2) is 4.79 Å². The molecule has 0 bridgehead atoms. The second-order valence-electron chi connectivity index (χ2n) is 7.78. The smallest absolute Gasteiger partial charge is 0.410 e. The maximum absolute atomic E-state index is 12.2. The molecule has 1 aromatic heterocycles. The van der Waals surface area contributed by atoms with E-state index in [4.69, 9.17) is 4.74 Å². The number of aromatic nitrogens is 2. The molecule has 1 fully saturated rings. The molecule has 22 heavy (non-hydrogen) atoms. The summed E-state index contributed by atoms with van der Waals surface area (Å²) in [5.41, 5.74) is 3.81. The first-order valence-electron chi connectivity index (χ1n) is 8.23. The van der Waals surface area contributed by atoms with E-state index >= 15 is 0 Å². The van der Waals surface area contributed by atoms with Crippen LogP contribution in [0.1, 0.15) is 57.0 Å². The molecule has 0 atom stereocenters. The Morgan fingerprint density at radius 1 is 1.23 bits per heavy atom. The third-order valence-corrected chi connectivity index (χ3v) is 5.07. The van der Waals surface area contributed by atoms with Gasteiger partial charge >= 0.3 is 6.09 Å². The van der Waals surface area contributed by atoms with Gasteiger partial charge in [-0.2, -0.15) is 5.10 Å². The molecule has 0 saturated carbocycles. The second-order valence-corrected chi connectivity index (χ2v) is 7.78. The van der Waals surface area contributed by atoms with E-state index in [1.807, 2.05) is 25.7 Å². The number of fused-ring (bicyclic) bond motifs is 2. The fourth-order valence-electron chi connectivity index (χ4n) is 4.08. The molecule has 122 valence electrons. The highest BCUT2D eigenvalue weighted by atomic mass is 16.6. The molecular weight excluding hydrogens is 278 g/mol. The molecule has 0 unspecified atom stereocenters. The average Bonchev–Trinajstić information content (AvgIpc) is 2.90. The van der Waals surface area contributed by atoms with Gasteiger partial charge in [-0.1, -0.05) is 0 Å². The van der Waals surface area contributed by atoms with Crippen LogP contribution in [-0.4, -0.2) is 39.5 Å². The van der Waals surface area contributed by atoms with E-state index in [0.29, 0.717) is 0 Å². The van der Waals surface area contributed by atoms with Crippen LogP contribution >= 0.6 is 0 Å². The van der Waals surface area contributed by atoms with Crippen molar-refractivity contribution in [2.45, 2.75) is 64.4 Å². The summed E-state index contributed by atoms with van der Waals surface area (Å²) >= 11 is 0. The lowest BCUT2D eigenvalue weighted by Crippen LogP contribution is -2.46. The molecule has 0 aromatic carbocycles. The summed E-state index contributed by atoms with van der Waals surface area (Å²) in [5, 5.41) is 4.60. The highest BCUT2D eigenvalue weighted by Crippen LogP contribution is 2.47. The van der Waals surface area contributed by atoms with Crippen molar-refractivity contribution in [3.63, 3.8) is 0 Å². The average molecular weight is 305 g/mol. The van der Waals surface area contributed by atoms with E-state index in [1.54, 1.807) is 0 Å². The van der Waals surface area contributed by atoms with Crippen LogP contribution in [0.3, 0.4) is 0 Å². The van der Waals surface area contributed by atoms with E-state index < -0.39 is 5.60 Å². The number of carbonyl (C=O) groups is 1. The molecule has 2 heterocycles. The molecule has 1 aliphatic carbocycles. The van der Waals surface area contributed by atoms with E-state index in [-0.39, 0.29) is 11.5 Å². The summed E-state index contributed by atoms with van der Waals surface area (Å²) in [6.07, 6.45) is 4.16. The fraction of sp³-hybridized carbons (Fsp3) is 0.765. The van der Waals surface area contributed by atoms with Crippen LogP contribution in [0.4, 0.5) is 4.79 Å². The first-order chi connectivity index (χ1) is 10.2. The molecule has 1 spiro atoms. The van der Waals surface area contributed by atoms with Gasteiger partial charge in [0.05, 0.1) is 5.69 Å². The Balaban J connectivity index is 1.72. The van der Waals surface area contributed by atoms with Crippen LogP contribution in [0.15, 0.2) is 0 Å². The van der Waals surface area contributed by atoms with E-state index in [1.165, 1.54) is 23.4 Å². The molecule has 1 amide bonds. The number of hydrogen-bond acceptors (Lipinski definition) is 3. The molecule has 1 aromatic rings. The van der Waals surface area contributed by atoms with E-state index in [2.05, 4.69) is 23.8 Å². The molecule has 3 rings (SSSR count). The van der Waals surface area contributed by atoms with Crippen LogP contribution in [0.25, 0.3) is 0 Å². The van der Waals surface area contributed by atoms with Crippen LogP contribution in [0, 0.1) is 6.92 Å². The Morgan fingerprint density at radius 2 is 1.86 bits per heavy atom. The minimum Gasteiger partial charge on any atom is -0.444 e. The molecule has 1 aliphatic heterocycles. The van der Waals surface area contributed by atoms with Gasteiger partial charge in [0.2, 0.25) is 0 Å². The van der Waals surface area contributed by atoms with Crippen molar-refractivity contribution >= 4 is 6.09 Å². The van der Waals surface area contributed by atoms with E-state index in [0.717, 1.165) is 32.4 Å². The number of nitrogens with zero attached hydrogens (tertiary/aromatic N) is 3. The SMILES string of the molecule is Cc1nn(C)c2c1CCC21CCN(C(=O)OC(C)(C)C)CC1. The molecule has 0 N–H and O–H groups in total. The monoisotopic (exact) mass is 305 g/mol. The zero-order valence-electron chi connectivity index (χ0n) is 14.4. The predicted octanol–water partition coefficient (Wildman–Crippen LogP) is 2.94. The Morgan fingerprint density at radius 3 is 2.45 bits per heavy atom. The minimum absolute atomic E-state index is 0.179. The quantitative estimate of drug-likeness (QED) is 0.740. The topological polar surface area (TPSA) is 47.4 Å². The summed E-state index contributed by atoms with van der Waals surface area (Å²) in [6, 6.07) is 0. The molecule has 5 heteroatoms. The highest BCUT2D eigenvalue weighted by molar-refractivity contribution is 5.68. The zero-order chi connectivity index (χ0) is 16.1. The Bertz CT molecular complexity index is 590. The molecule has 5 nitrogen and oxygen atoms in total. The predicted molar refractivity (Wildman–Crippen MR) is 85.0 cm³/mol. The summed E-state index contributed by atoms with van der Waals surface area (Å²) in [6.45, 7) is 9.40. The number of aryl methyl sites for hydroxylation is 2. The normalized spacial score (nSPS) is 20.3. The lowest BCUT2D eigenvalue weighted by atomic mass is 9.76. The summed E-state index contributed by atoms with van der Waals surface area (Å²) in [7, 11) is 2.05. The van der Waals surface area contributed by atoms with Crippen molar-refractivity contribution in [2.24, 2.45) is 7.05 Å². The number of likely N-dealkylation sites (tertiary alicyclic amines) is 1. The van der Waals surface area contributed by atoms with E-state index in [9.17, 15) is 4.79 Å². The van der Waals surface area contributed by atoms with Crippen LogP contribution in [-0.2, 0) is 23.6 Å². The number of hydrogen-bond donors (Lipinski definition) is 0. The van der Waals surface area contributed by atoms with Gasteiger partial charge in [-0.3, -0.25) is 4.68 Å². The van der Waals surface area contributed by atoms with Crippen molar-refractivity contribution in [1.29, 1.82) is 0 Å². The molecular formula is C17H27N3O2. The highest BCUT2D eigenvalue weighted by Gasteiger charge is 2.45. The summed E-state index contributed by atoms with van der Waals surface area (Å²) in [4.78, 5) is 14.1. The number of rotatable bonds is 0. The van der Waals surface area contributed by atoms with Crippen molar-refractivity contribution in [3.8, 4) is 0 Å².